The SMILES string of the molecule is COc1ccccc1-c1cc(CN)no1. The van der Waals surface area contributed by atoms with E-state index in [1.54, 1.807) is 7.11 Å². The predicted molar refractivity (Wildman–Crippen MR) is 56.4 cm³/mol. The number of rotatable bonds is 3. The highest BCUT2D eigenvalue weighted by Crippen LogP contribution is 2.29. The van der Waals surface area contributed by atoms with Crippen molar-refractivity contribution < 1.29 is 9.26 Å². The van der Waals surface area contributed by atoms with Gasteiger partial charge in [0.05, 0.1) is 18.4 Å². The third kappa shape index (κ3) is 1.85. The molecule has 4 nitrogen and oxygen atoms in total. The Kier molecular flexibility index (Phi) is 2.69. The number of benzene rings is 1. The summed E-state index contributed by atoms with van der Waals surface area (Å²) in [6.45, 7) is 0.374. The van der Waals surface area contributed by atoms with Crippen LogP contribution in [-0.2, 0) is 6.54 Å². The average molecular weight is 204 g/mol. The third-order valence-electron chi connectivity index (χ3n) is 2.14. The minimum Gasteiger partial charge on any atom is -0.496 e. The van der Waals surface area contributed by atoms with Crippen molar-refractivity contribution in [3.63, 3.8) is 0 Å². The number of methoxy groups -OCH3 is 1. The van der Waals surface area contributed by atoms with Crippen molar-refractivity contribution in [1.29, 1.82) is 0 Å². The van der Waals surface area contributed by atoms with Crippen molar-refractivity contribution in [2.75, 3.05) is 7.11 Å². The highest BCUT2D eigenvalue weighted by molar-refractivity contribution is 5.65. The molecule has 4 heteroatoms. The Hall–Kier alpha value is -1.81. The maximum atomic E-state index is 5.46. The molecule has 1 aromatic heterocycles. The van der Waals surface area contributed by atoms with Crippen molar-refractivity contribution in [1.82, 2.24) is 5.16 Å². The summed E-state index contributed by atoms with van der Waals surface area (Å²) < 4.78 is 10.4. The number of hydrogen-bond acceptors (Lipinski definition) is 4. The van der Waals surface area contributed by atoms with Crippen molar-refractivity contribution in [3.05, 3.63) is 36.0 Å². The van der Waals surface area contributed by atoms with Crippen LogP contribution in [-0.4, -0.2) is 12.3 Å². The minimum absolute atomic E-state index is 0.374. The Balaban J connectivity index is 2.44. The standard InChI is InChI=1S/C11H12N2O2/c1-14-10-5-3-2-4-9(10)11-6-8(7-12)13-15-11/h2-6H,7,12H2,1H3. The van der Waals surface area contributed by atoms with Crippen molar-refractivity contribution >= 4 is 0 Å². The fraction of sp³-hybridized carbons (Fsp3) is 0.182. The van der Waals surface area contributed by atoms with Gasteiger partial charge in [0.2, 0.25) is 0 Å². The molecule has 0 aliphatic rings. The second-order valence-electron chi connectivity index (χ2n) is 3.09. The zero-order chi connectivity index (χ0) is 10.7. The summed E-state index contributed by atoms with van der Waals surface area (Å²) in [6.07, 6.45) is 0. The Labute approximate surface area is 87.6 Å². The van der Waals surface area contributed by atoms with E-state index in [2.05, 4.69) is 5.16 Å². The van der Waals surface area contributed by atoms with E-state index < -0.39 is 0 Å². The molecule has 0 bridgehead atoms. The fourth-order valence-corrected chi connectivity index (χ4v) is 1.38. The molecule has 0 atom stereocenters. The molecule has 0 aliphatic carbocycles. The van der Waals surface area contributed by atoms with E-state index in [1.165, 1.54) is 0 Å². The second kappa shape index (κ2) is 4.14. The largest absolute Gasteiger partial charge is 0.496 e. The van der Waals surface area contributed by atoms with Gasteiger partial charge in [-0.1, -0.05) is 17.3 Å². The lowest BCUT2D eigenvalue weighted by molar-refractivity contribution is 0.403. The van der Waals surface area contributed by atoms with Crippen molar-refractivity contribution in [2.45, 2.75) is 6.54 Å². The number of nitrogens with two attached hydrogens (primary N) is 1. The average Bonchev–Trinajstić information content (AvgIpc) is 2.77. The van der Waals surface area contributed by atoms with Gasteiger partial charge < -0.3 is 15.0 Å². The van der Waals surface area contributed by atoms with Crippen LogP contribution in [0.5, 0.6) is 5.75 Å². The molecule has 0 amide bonds. The van der Waals surface area contributed by atoms with Gasteiger partial charge in [0.15, 0.2) is 5.76 Å². The molecule has 0 spiro atoms. The first-order chi connectivity index (χ1) is 7.35. The Morgan fingerprint density at radius 2 is 2.20 bits per heavy atom. The van der Waals surface area contributed by atoms with Crippen LogP contribution in [0.2, 0.25) is 0 Å². The van der Waals surface area contributed by atoms with Crippen LogP contribution in [0.1, 0.15) is 5.69 Å². The van der Waals surface area contributed by atoms with Crippen LogP contribution in [0.25, 0.3) is 11.3 Å². The summed E-state index contributed by atoms with van der Waals surface area (Å²) in [5, 5.41) is 3.83. The first kappa shape index (κ1) is 9.73. The summed E-state index contributed by atoms with van der Waals surface area (Å²) in [5.74, 6) is 1.44. The van der Waals surface area contributed by atoms with Crippen LogP contribution in [0, 0.1) is 0 Å². The number of para-hydroxylation sites is 1. The highest BCUT2D eigenvalue weighted by atomic mass is 16.5. The third-order valence-corrected chi connectivity index (χ3v) is 2.14. The monoisotopic (exact) mass is 204 g/mol. The Bertz CT molecular complexity index is 451. The topological polar surface area (TPSA) is 61.3 Å². The highest BCUT2D eigenvalue weighted by Gasteiger charge is 2.10. The second-order valence-corrected chi connectivity index (χ2v) is 3.09. The Morgan fingerprint density at radius 1 is 1.40 bits per heavy atom. The van der Waals surface area contributed by atoms with Crippen LogP contribution < -0.4 is 10.5 Å². The molecule has 78 valence electrons. The quantitative estimate of drug-likeness (QED) is 0.828. The maximum Gasteiger partial charge on any atom is 0.170 e. The van der Waals surface area contributed by atoms with Gasteiger partial charge in [0.1, 0.15) is 5.75 Å². The lowest BCUT2D eigenvalue weighted by Gasteiger charge is -2.03. The number of hydrogen-bond donors (Lipinski definition) is 1. The van der Waals surface area contributed by atoms with E-state index in [1.807, 2.05) is 30.3 Å². The van der Waals surface area contributed by atoms with E-state index in [9.17, 15) is 0 Å². The molecular weight excluding hydrogens is 192 g/mol. The molecule has 0 fully saturated rings. The summed E-state index contributed by atoms with van der Waals surface area (Å²) in [7, 11) is 1.62. The van der Waals surface area contributed by atoms with E-state index in [0.29, 0.717) is 12.3 Å². The van der Waals surface area contributed by atoms with Crippen LogP contribution in [0.4, 0.5) is 0 Å². The molecule has 0 saturated heterocycles. The van der Waals surface area contributed by atoms with Gasteiger partial charge in [-0.25, -0.2) is 0 Å². The smallest absolute Gasteiger partial charge is 0.170 e. The Morgan fingerprint density at radius 3 is 2.87 bits per heavy atom. The summed E-state index contributed by atoms with van der Waals surface area (Å²) in [6, 6.07) is 9.43. The lowest BCUT2D eigenvalue weighted by Crippen LogP contribution is -1.94. The molecule has 0 saturated carbocycles. The molecule has 0 aliphatic heterocycles. The van der Waals surface area contributed by atoms with E-state index in [4.69, 9.17) is 15.0 Å². The van der Waals surface area contributed by atoms with Crippen LogP contribution in [0.3, 0.4) is 0 Å². The number of nitrogens with zero attached hydrogens (tertiary/aromatic N) is 1. The van der Waals surface area contributed by atoms with Crippen molar-refractivity contribution in [3.8, 4) is 17.1 Å². The summed E-state index contributed by atoms with van der Waals surface area (Å²) in [5.41, 5.74) is 7.07. The van der Waals surface area contributed by atoms with Crippen LogP contribution >= 0.6 is 0 Å². The molecule has 2 N–H and O–H groups in total. The van der Waals surface area contributed by atoms with E-state index in [-0.39, 0.29) is 0 Å². The van der Waals surface area contributed by atoms with Gasteiger partial charge in [-0.05, 0) is 12.1 Å². The van der Waals surface area contributed by atoms with Gasteiger partial charge >= 0.3 is 0 Å². The zero-order valence-electron chi connectivity index (χ0n) is 8.43. The maximum absolute atomic E-state index is 5.46. The van der Waals surface area contributed by atoms with Gasteiger partial charge in [-0.2, -0.15) is 0 Å². The van der Waals surface area contributed by atoms with E-state index >= 15 is 0 Å². The molecule has 15 heavy (non-hydrogen) atoms. The molecule has 0 radical (unpaired) electrons. The molecule has 1 aromatic carbocycles. The van der Waals surface area contributed by atoms with Gasteiger partial charge in [0.25, 0.3) is 0 Å². The first-order valence-electron chi connectivity index (χ1n) is 4.64. The predicted octanol–water partition coefficient (Wildman–Crippen LogP) is 1.81. The van der Waals surface area contributed by atoms with Crippen molar-refractivity contribution in [2.24, 2.45) is 5.73 Å². The molecule has 2 aromatic rings. The van der Waals surface area contributed by atoms with E-state index in [0.717, 1.165) is 17.0 Å². The van der Waals surface area contributed by atoms with Gasteiger partial charge in [-0.15, -0.1) is 0 Å². The molecular formula is C11H12N2O2. The normalized spacial score (nSPS) is 10.3. The summed E-state index contributed by atoms with van der Waals surface area (Å²) >= 11 is 0. The van der Waals surface area contributed by atoms with Crippen LogP contribution in [0.15, 0.2) is 34.9 Å². The molecule has 0 unspecified atom stereocenters. The number of aromatic nitrogens is 1. The van der Waals surface area contributed by atoms with Gasteiger partial charge in [-0.3, -0.25) is 0 Å². The minimum atomic E-state index is 0.374. The summed E-state index contributed by atoms with van der Waals surface area (Å²) in [4.78, 5) is 0. The van der Waals surface area contributed by atoms with Gasteiger partial charge in [0, 0.05) is 12.6 Å². The first-order valence-corrected chi connectivity index (χ1v) is 4.64. The number of ether oxygens (including phenoxy) is 1. The lowest BCUT2D eigenvalue weighted by atomic mass is 10.1. The fourth-order valence-electron chi connectivity index (χ4n) is 1.38. The zero-order valence-corrected chi connectivity index (χ0v) is 8.43. The molecule has 2 rings (SSSR count). The molecule has 1 heterocycles.